The Morgan fingerprint density at radius 3 is 2.47 bits per heavy atom. The van der Waals surface area contributed by atoms with Crippen molar-refractivity contribution in [1.29, 1.82) is 5.26 Å². The van der Waals surface area contributed by atoms with Crippen molar-refractivity contribution in [3.63, 3.8) is 0 Å². The lowest BCUT2D eigenvalue weighted by Gasteiger charge is -2.38. The van der Waals surface area contributed by atoms with Gasteiger partial charge in [0.1, 0.15) is 16.8 Å². The summed E-state index contributed by atoms with van der Waals surface area (Å²) in [6, 6.07) is 10.2. The molecule has 2 unspecified atom stereocenters. The molecule has 1 aliphatic heterocycles. The van der Waals surface area contributed by atoms with Crippen molar-refractivity contribution in [1.82, 2.24) is 4.90 Å². The molecule has 168 valence electrons. The number of piperidine rings is 1. The molecule has 1 fully saturated rings. The van der Waals surface area contributed by atoms with Crippen molar-refractivity contribution < 1.29 is 23.9 Å². The second-order valence-corrected chi connectivity index (χ2v) is 8.56. The van der Waals surface area contributed by atoms with Crippen LogP contribution in [0, 0.1) is 11.3 Å². The standard InChI is InChI=1S/C23H25N3O5S/c1-15-4-3-5-16(2)26(15)21(28)14-30-19-8-6-17(7-9-19)23(29)31-13-20(27)25-22-18(12-24)10-11-32-22/h6-11,15-16H,3-5,13-14H2,1-2H3,(H,25,27). The number of nitrogens with zero attached hydrogens (tertiary/aromatic N) is 2. The number of esters is 1. The number of rotatable bonds is 7. The molecule has 1 aromatic carbocycles. The van der Waals surface area contributed by atoms with Crippen molar-refractivity contribution in [3.05, 3.63) is 46.8 Å². The fourth-order valence-corrected chi connectivity index (χ4v) is 4.44. The van der Waals surface area contributed by atoms with Gasteiger partial charge in [0.05, 0.1) is 11.1 Å². The number of nitrogens with one attached hydrogen (secondary N) is 1. The molecule has 32 heavy (non-hydrogen) atoms. The quantitative estimate of drug-likeness (QED) is 0.639. The van der Waals surface area contributed by atoms with E-state index in [-0.39, 0.29) is 30.2 Å². The van der Waals surface area contributed by atoms with E-state index in [1.165, 1.54) is 23.5 Å². The van der Waals surface area contributed by atoms with E-state index in [4.69, 9.17) is 14.7 Å². The summed E-state index contributed by atoms with van der Waals surface area (Å²) in [6.07, 6.45) is 3.12. The number of ether oxygens (including phenoxy) is 2. The Bertz CT molecular complexity index is 1000. The van der Waals surface area contributed by atoms with Crippen LogP contribution in [0.2, 0.25) is 0 Å². The lowest BCUT2D eigenvalue weighted by molar-refractivity contribution is -0.139. The SMILES string of the molecule is CC1CCCC(C)N1C(=O)COc1ccc(C(=O)OCC(=O)Nc2sccc2C#N)cc1. The van der Waals surface area contributed by atoms with Crippen LogP contribution in [0.15, 0.2) is 35.7 Å². The van der Waals surface area contributed by atoms with Gasteiger partial charge >= 0.3 is 5.97 Å². The monoisotopic (exact) mass is 455 g/mol. The largest absolute Gasteiger partial charge is 0.484 e. The van der Waals surface area contributed by atoms with Crippen LogP contribution in [0.4, 0.5) is 5.00 Å². The minimum absolute atomic E-state index is 0.0514. The summed E-state index contributed by atoms with van der Waals surface area (Å²) in [5, 5.41) is 13.6. The number of nitriles is 1. The van der Waals surface area contributed by atoms with Gasteiger partial charge in [-0.3, -0.25) is 9.59 Å². The maximum Gasteiger partial charge on any atom is 0.338 e. The fourth-order valence-electron chi connectivity index (χ4n) is 3.69. The summed E-state index contributed by atoms with van der Waals surface area (Å²) in [5.74, 6) is -0.779. The molecule has 3 rings (SSSR count). The molecule has 0 radical (unpaired) electrons. The molecule has 1 N–H and O–H groups in total. The maximum absolute atomic E-state index is 12.5. The first-order valence-corrected chi connectivity index (χ1v) is 11.3. The first-order valence-electron chi connectivity index (χ1n) is 10.4. The van der Waals surface area contributed by atoms with Gasteiger partial charge in [-0.25, -0.2) is 4.79 Å². The Morgan fingerprint density at radius 1 is 1.12 bits per heavy atom. The highest BCUT2D eigenvalue weighted by atomic mass is 32.1. The Hall–Kier alpha value is -3.38. The molecule has 2 heterocycles. The molecule has 9 heteroatoms. The van der Waals surface area contributed by atoms with E-state index in [1.807, 2.05) is 11.0 Å². The van der Waals surface area contributed by atoms with Crippen LogP contribution >= 0.6 is 11.3 Å². The number of likely N-dealkylation sites (tertiary alicyclic amines) is 1. The molecule has 1 aromatic heterocycles. The van der Waals surface area contributed by atoms with Gasteiger partial charge in [0.25, 0.3) is 11.8 Å². The Labute approximate surface area is 190 Å². The van der Waals surface area contributed by atoms with Crippen LogP contribution in [-0.2, 0) is 14.3 Å². The lowest BCUT2D eigenvalue weighted by atomic mass is 9.97. The number of anilines is 1. The van der Waals surface area contributed by atoms with Crippen LogP contribution in [-0.4, -0.2) is 48.0 Å². The molecular formula is C23H25N3O5S. The molecule has 0 aliphatic carbocycles. The first-order chi connectivity index (χ1) is 15.4. The van der Waals surface area contributed by atoms with E-state index < -0.39 is 18.5 Å². The van der Waals surface area contributed by atoms with Crippen LogP contribution in [0.1, 0.15) is 49.0 Å². The number of hydrogen-bond donors (Lipinski definition) is 1. The number of amides is 2. The zero-order valence-electron chi connectivity index (χ0n) is 18.0. The van der Waals surface area contributed by atoms with Crippen LogP contribution < -0.4 is 10.1 Å². The predicted molar refractivity (Wildman–Crippen MR) is 120 cm³/mol. The molecule has 1 aliphatic rings. The van der Waals surface area contributed by atoms with Crippen LogP contribution in [0.25, 0.3) is 0 Å². The average Bonchev–Trinajstić information content (AvgIpc) is 3.23. The first kappa shape index (κ1) is 23.3. The number of benzene rings is 1. The fraction of sp³-hybridized carbons (Fsp3) is 0.391. The summed E-state index contributed by atoms with van der Waals surface area (Å²) in [5.41, 5.74) is 0.608. The zero-order chi connectivity index (χ0) is 23.1. The molecule has 1 saturated heterocycles. The molecule has 0 spiro atoms. The van der Waals surface area contributed by atoms with Gasteiger partial charge in [0.2, 0.25) is 0 Å². The van der Waals surface area contributed by atoms with Crippen molar-refractivity contribution >= 4 is 34.1 Å². The second-order valence-electron chi connectivity index (χ2n) is 7.64. The average molecular weight is 456 g/mol. The van der Waals surface area contributed by atoms with E-state index in [0.29, 0.717) is 16.3 Å². The highest BCUT2D eigenvalue weighted by Gasteiger charge is 2.29. The Morgan fingerprint density at radius 2 is 1.81 bits per heavy atom. The summed E-state index contributed by atoms with van der Waals surface area (Å²) < 4.78 is 10.6. The lowest BCUT2D eigenvalue weighted by Crippen LogP contribution is -2.49. The van der Waals surface area contributed by atoms with Crippen molar-refractivity contribution in [2.24, 2.45) is 0 Å². The number of thiophene rings is 1. The van der Waals surface area contributed by atoms with Gasteiger partial charge in [-0.05, 0) is 68.8 Å². The highest BCUT2D eigenvalue weighted by Crippen LogP contribution is 2.23. The normalized spacial score (nSPS) is 17.8. The molecule has 2 atom stereocenters. The molecule has 0 bridgehead atoms. The minimum Gasteiger partial charge on any atom is -0.484 e. The number of hydrogen-bond acceptors (Lipinski definition) is 7. The van der Waals surface area contributed by atoms with Crippen LogP contribution in [0.3, 0.4) is 0 Å². The molecule has 2 amide bonds. The third-order valence-corrected chi connectivity index (χ3v) is 6.14. The molecular weight excluding hydrogens is 430 g/mol. The smallest absolute Gasteiger partial charge is 0.338 e. The van der Waals surface area contributed by atoms with Gasteiger partial charge < -0.3 is 19.7 Å². The maximum atomic E-state index is 12.5. The zero-order valence-corrected chi connectivity index (χ0v) is 18.8. The summed E-state index contributed by atoms with van der Waals surface area (Å²) in [6.45, 7) is 3.57. The molecule has 2 aromatic rings. The van der Waals surface area contributed by atoms with E-state index >= 15 is 0 Å². The van der Waals surface area contributed by atoms with Crippen LogP contribution in [0.5, 0.6) is 5.75 Å². The van der Waals surface area contributed by atoms with Crippen molar-refractivity contribution in [3.8, 4) is 11.8 Å². The summed E-state index contributed by atoms with van der Waals surface area (Å²) >= 11 is 1.21. The van der Waals surface area contributed by atoms with Gasteiger partial charge in [-0.1, -0.05) is 0 Å². The third kappa shape index (κ3) is 5.86. The third-order valence-electron chi connectivity index (χ3n) is 5.31. The summed E-state index contributed by atoms with van der Waals surface area (Å²) in [4.78, 5) is 38.6. The Balaban J connectivity index is 1.46. The van der Waals surface area contributed by atoms with Crippen molar-refractivity contribution in [2.45, 2.75) is 45.2 Å². The molecule has 0 saturated carbocycles. The van der Waals surface area contributed by atoms with Gasteiger partial charge in [-0.15, -0.1) is 11.3 Å². The number of carbonyl (C=O) groups is 3. The number of carbonyl (C=O) groups excluding carboxylic acids is 3. The van der Waals surface area contributed by atoms with Gasteiger partial charge in [0.15, 0.2) is 13.2 Å². The Kier molecular flexibility index (Phi) is 7.84. The van der Waals surface area contributed by atoms with Crippen molar-refractivity contribution in [2.75, 3.05) is 18.5 Å². The van der Waals surface area contributed by atoms with Gasteiger partial charge in [-0.2, -0.15) is 5.26 Å². The second kappa shape index (κ2) is 10.8. The molecule has 8 nitrogen and oxygen atoms in total. The van der Waals surface area contributed by atoms with E-state index in [9.17, 15) is 14.4 Å². The van der Waals surface area contributed by atoms with Gasteiger partial charge in [0, 0.05) is 12.1 Å². The van der Waals surface area contributed by atoms with E-state index in [0.717, 1.165) is 19.3 Å². The predicted octanol–water partition coefficient (Wildman–Crippen LogP) is 3.58. The van der Waals surface area contributed by atoms with E-state index in [1.54, 1.807) is 23.6 Å². The topological polar surface area (TPSA) is 109 Å². The minimum atomic E-state index is -0.662. The highest BCUT2D eigenvalue weighted by molar-refractivity contribution is 7.14. The van der Waals surface area contributed by atoms with E-state index in [2.05, 4.69) is 19.2 Å². The summed E-state index contributed by atoms with van der Waals surface area (Å²) in [7, 11) is 0.